The molecule has 176 valence electrons. The second-order valence-corrected chi connectivity index (χ2v) is 7.19. The lowest BCUT2D eigenvalue weighted by molar-refractivity contribution is -0.124. The number of benzene rings is 2. The van der Waals surface area contributed by atoms with Crippen LogP contribution in [-0.2, 0) is 9.53 Å². The van der Waals surface area contributed by atoms with Gasteiger partial charge in [0, 0.05) is 17.2 Å². The monoisotopic (exact) mass is 456 g/mol. The highest BCUT2D eigenvalue weighted by Crippen LogP contribution is 2.35. The molecule has 4 N–H and O–H groups in total. The zero-order valence-electron chi connectivity index (χ0n) is 18.3. The van der Waals surface area contributed by atoms with Crippen LogP contribution in [0.25, 0.3) is 0 Å². The van der Waals surface area contributed by atoms with Crippen LogP contribution in [0.15, 0.2) is 66.7 Å². The van der Waals surface area contributed by atoms with Gasteiger partial charge in [-0.25, -0.2) is 10.3 Å². The van der Waals surface area contributed by atoms with E-state index in [0.717, 1.165) is 0 Å². The van der Waals surface area contributed by atoms with Crippen LogP contribution in [0.4, 0.5) is 4.79 Å². The molecule has 0 aliphatic heterocycles. The molecule has 0 aliphatic carbocycles. The van der Waals surface area contributed by atoms with Crippen molar-refractivity contribution in [1.29, 1.82) is 0 Å². The molecule has 2 rings (SSSR count). The number of imide groups is 1. The minimum absolute atomic E-state index is 0.0653. The second kappa shape index (κ2) is 13.7. The standard InChI is InChI=1S/C24H28N2O7/c1-17(9-5-8-14-21(28)26-31)22(19-12-6-7-13-20(19)32-16-15-27)33-24(30)25-23(29)18-10-3-2-4-11-18/h2-4,6-8,10-14,17,22,27,31H,5,9,15-16H2,1H3,(H,26,28)(H,25,29,30)/b14-8+/t17-,22+/m0/s1. The number of hydroxylamine groups is 1. The van der Waals surface area contributed by atoms with E-state index in [4.69, 9.17) is 19.8 Å². The predicted molar refractivity (Wildman–Crippen MR) is 120 cm³/mol. The summed E-state index contributed by atoms with van der Waals surface area (Å²) in [4.78, 5) is 36.0. The number of amides is 3. The van der Waals surface area contributed by atoms with Gasteiger partial charge in [0.25, 0.3) is 11.8 Å². The third-order valence-electron chi connectivity index (χ3n) is 4.74. The number of nitrogens with one attached hydrogen (secondary N) is 2. The first-order valence-electron chi connectivity index (χ1n) is 10.5. The van der Waals surface area contributed by atoms with E-state index in [9.17, 15) is 14.4 Å². The number of rotatable bonds is 11. The zero-order valence-corrected chi connectivity index (χ0v) is 18.3. The van der Waals surface area contributed by atoms with Gasteiger partial charge in [-0.05, 0) is 37.0 Å². The fraction of sp³-hybridized carbons (Fsp3) is 0.292. The minimum atomic E-state index is -0.909. The van der Waals surface area contributed by atoms with Crippen molar-refractivity contribution in [1.82, 2.24) is 10.8 Å². The van der Waals surface area contributed by atoms with Gasteiger partial charge in [-0.1, -0.05) is 49.4 Å². The highest BCUT2D eigenvalue weighted by molar-refractivity contribution is 6.02. The summed E-state index contributed by atoms with van der Waals surface area (Å²) >= 11 is 0. The summed E-state index contributed by atoms with van der Waals surface area (Å²) in [6, 6.07) is 15.3. The van der Waals surface area contributed by atoms with Crippen molar-refractivity contribution in [2.75, 3.05) is 13.2 Å². The molecule has 0 bridgehead atoms. The van der Waals surface area contributed by atoms with Crippen LogP contribution in [0.5, 0.6) is 5.75 Å². The normalized spacial score (nSPS) is 12.6. The molecule has 0 saturated heterocycles. The molecule has 0 saturated carbocycles. The first-order chi connectivity index (χ1) is 16.0. The Hall–Kier alpha value is -3.69. The Morgan fingerprint density at radius 2 is 1.76 bits per heavy atom. The van der Waals surface area contributed by atoms with Crippen molar-refractivity contribution in [3.05, 3.63) is 77.9 Å². The number of ether oxygens (including phenoxy) is 2. The van der Waals surface area contributed by atoms with Crippen molar-refractivity contribution in [3.63, 3.8) is 0 Å². The zero-order chi connectivity index (χ0) is 24.1. The summed E-state index contributed by atoms with van der Waals surface area (Å²) in [6.07, 6.45) is 2.10. The molecule has 0 aliphatic rings. The molecule has 2 aromatic carbocycles. The molecule has 3 amide bonds. The molecule has 2 atom stereocenters. The molecule has 9 heteroatoms. The fourth-order valence-corrected chi connectivity index (χ4v) is 3.13. The minimum Gasteiger partial charge on any atom is -0.491 e. The van der Waals surface area contributed by atoms with Crippen molar-refractivity contribution in [2.45, 2.75) is 25.9 Å². The highest BCUT2D eigenvalue weighted by Gasteiger charge is 2.27. The average molecular weight is 456 g/mol. The lowest BCUT2D eigenvalue weighted by atomic mass is 9.92. The van der Waals surface area contributed by atoms with Crippen LogP contribution in [0.1, 0.15) is 41.8 Å². The first kappa shape index (κ1) is 25.6. The van der Waals surface area contributed by atoms with E-state index in [1.54, 1.807) is 60.7 Å². The number of carbonyl (C=O) groups excluding carboxylic acids is 3. The maximum atomic E-state index is 12.6. The molecular weight excluding hydrogens is 428 g/mol. The topological polar surface area (TPSA) is 134 Å². The molecule has 33 heavy (non-hydrogen) atoms. The summed E-state index contributed by atoms with van der Waals surface area (Å²) in [5.74, 6) is -1.02. The molecule has 0 radical (unpaired) electrons. The van der Waals surface area contributed by atoms with Gasteiger partial charge in [-0.15, -0.1) is 0 Å². The van der Waals surface area contributed by atoms with Gasteiger partial charge >= 0.3 is 6.09 Å². The van der Waals surface area contributed by atoms with Crippen LogP contribution in [0.3, 0.4) is 0 Å². The summed E-state index contributed by atoms with van der Waals surface area (Å²) in [5, 5.41) is 19.9. The van der Waals surface area contributed by atoms with E-state index in [1.165, 1.54) is 11.6 Å². The summed E-state index contributed by atoms with van der Waals surface area (Å²) < 4.78 is 11.3. The van der Waals surface area contributed by atoms with E-state index in [0.29, 0.717) is 29.7 Å². The second-order valence-electron chi connectivity index (χ2n) is 7.19. The average Bonchev–Trinajstić information content (AvgIpc) is 2.84. The Kier molecular flexibility index (Phi) is 10.6. The van der Waals surface area contributed by atoms with Crippen LogP contribution >= 0.6 is 0 Å². The van der Waals surface area contributed by atoms with E-state index >= 15 is 0 Å². The maximum Gasteiger partial charge on any atom is 0.414 e. The maximum absolute atomic E-state index is 12.6. The van der Waals surface area contributed by atoms with Crippen LogP contribution in [0.2, 0.25) is 0 Å². The van der Waals surface area contributed by atoms with Crippen LogP contribution in [-0.4, -0.2) is 41.4 Å². The lowest BCUT2D eigenvalue weighted by Crippen LogP contribution is -2.33. The van der Waals surface area contributed by atoms with E-state index < -0.39 is 24.0 Å². The van der Waals surface area contributed by atoms with E-state index in [-0.39, 0.29) is 19.1 Å². The number of carbonyl (C=O) groups is 3. The number of hydrogen-bond acceptors (Lipinski definition) is 7. The number of allylic oxidation sites excluding steroid dienone is 1. The Morgan fingerprint density at radius 3 is 2.45 bits per heavy atom. The largest absolute Gasteiger partial charge is 0.491 e. The third-order valence-corrected chi connectivity index (χ3v) is 4.74. The van der Waals surface area contributed by atoms with Crippen LogP contribution in [0, 0.1) is 5.92 Å². The van der Waals surface area contributed by atoms with Crippen molar-refractivity contribution in [2.24, 2.45) is 5.92 Å². The third kappa shape index (κ3) is 8.40. The smallest absolute Gasteiger partial charge is 0.414 e. The van der Waals surface area contributed by atoms with E-state index in [1.807, 2.05) is 6.92 Å². The van der Waals surface area contributed by atoms with E-state index in [2.05, 4.69) is 5.32 Å². The Balaban J connectivity index is 2.18. The van der Waals surface area contributed by atoms with Crippen molar-refractivity contribution in [3.8, 4) is 5.75 Å². The molecule has 0 fully saturated rings. The van der Waals surface area contributed by atoms with Gasteiger partial charge in [-0.3, -0.25) is 20.1 Å². The van der Waals surface area contributed by atoms with Gasteiger partial charge < -0.3 is 14.6 Å². The molecule has 9 nitrogen and oxygen atoms in total. The summed E-state index contributed by atoms with van der Waals surface area (Å²) in [7, 11) is 0. The molecule has 0 heterocycles. The number of aliphatic hydroxyl groups excluding tert-OH is 1. The van der Waals surface area contributed by atoms with Gasteiger partial charge in [0.15, 0.2) is 0 Å². The van der Waals surface area contributed by atoms with Crippen molar-refractivity contribution < 1.29 is 34.2 Å². The van der Waals surface area contributed by atoms with Gasteiger partial charge in [0.05, 0.1) is 6.61 Å². The predicted octanol–water partition coefficient (Wildman–Crippen LogP) is 3.14. The quantitative estimate of drug-likeness (QED) is 0.232. The molecule has 0 unspecified atom stereocenters. The summed E-state index contributed by atoms with van der Waals surface area (Å²) in [6.45, 7) is 1.74. The number of hydrogen-bond donors (Lipinski definition) is 4. The van der Waals surface area contributed by atoms with Gasteiger partial charge in [0.2, 0.25) is 0 Å². The lowest BCUT2D eigenvalue weighted by Gasteiger charge is -2.26. The first-order valence-corrected chi connectivity index (χ1v) is 10.5. The molecule has 2 aromatic rings. The Bertz CT molecular complexity index is 947. The Morgan fingerprint density at radius 1 is 1.06 bits per heavy atom. The molecule has 0 aromatic heterocycles. The number of alkyl carbamates (subject to hydrolysis) is 1. The SMILES string of the molecule is C[C@@H](CC/C=C/C(=O)NO)[C@@H](OC(=O)NC(=O)c1ccccc1)c1ccccc1OCCO. The van der Waals surface area contributed by atoms with Gasteiger partial charge in [-0.2, -0.15) is 0 Å². The summed E-state index contributed by atoms with van der Waals surface area (Å²) in [5.41, 5.74) is 2.41. The number of para-hydroxylation sites is 1. The van der Waals surface area contributed by atoms with Crippen molar-refractivity contribution >= 4 is 17.9 Å². The molecular formula is C24H28N2O7. The van der Waals surface area contributed by atoms with Gasteiger partial charge in [0.1, 0.15) is 18.5 Å². The Labute approximate surface area is 192 Å². The molecule has 0 spiro atoms. The van der Waals surface area contributed by atoms with Crippen LogP contribution < -0.4 is 15.5 Å². The highest BCUT2D eigenvalue weighted by atomic mass is 16.6. The number of aliphatic hydroxyl groups is 1. The fourth-order valence-electron chi connectivity index (χ4n) is 3.13.